The van der Waals surface area contributed by atoms with Crippen LogP contribution in [0.25, 0.3) is 0 Å². The van der Waals surface area contributed by atoms with E-state index in [1.165, 1.54) is 0 Å². The van der Waals surface area contributed by atoms with Crippen LogP contribution < -0.4 is 0 Å². The fraction of sp³-hybridized carbons (Fsp3) is 0.429. The molecule has 0 saturated carbocycles. The van der Waals surface area contributed by atoms with Gasteiger partial charge in [-0.3, -0.25) is 0 Å². The van der Waals surface area contributed by atoms with Gasteiger partial charge in [0.2, 0.25) is 0 Å². The zero-order chi connectivity index (χ0) is 7.98. The van der Waals surface area contributed by atoms with Crippen LogP contribution in [0.15, 0.2) is 11.4 Å². The maximum Gasteiger partial charge on any atom is 0.334 e. The largest absolute Gasteiger partial charge is 0.463 e. The van der Waals surface area contributed by atoms with Crippen LogP contribution in [0.4, 0.5) is 0 Å². The molecule has 0 radical (unpaired) electrons. The molecule has 0 aliphatic rings. The predicted octanol–water partition coefficient (Wildman–Crippen LogP) is 1.83. The predicted molar refractivity (Wildman–Crippen MR) is 44.4 cm³/mol. The second kappa shape index (κ2) is 5.19. The molecule has 0 N–H and O–H groups in total. The van der Waals surface area contributed by atoms with E-state index in [-0.39, 0.29) is 5.97 Å². The molecule has 0 aromatic heterocycles. The van der Waals surface area contributed by atoms with Gasteiger partial charge in [-0.25, -0.2) is 4.79 Å². The summed E-state index contributed by atoms with van der Waals surface area (Å²) in [5.74, 6) is 1.47. The molecule has 3 heteroatoms. The molecule has 0 unspecified atom stereocenters. The average Bonchev–Trinajstić information content (AvgIpc) is 1.89. The van der Waals surface area contributed by atoms with Crippen LogP contribution in [0.5, 0.6) is 0 Å². The number of carbonyl (C=O) groups is 1. The topological polar surface area (TPSA) is 26.3 Å². The highest BCUT2D eigenvalue weighted by molar-refractivity contribution is 7.40. The molecule has 10 heavy (non-hydrogen) atoms. The van der Waals surface area contributed by atoms with Crippen LogP contribution in [0.2, 0.25) is 0 Å². The minimum Gasteiger partial charge on any atom is -0.463 e. The fourth-order valence-corrected chi connectivity index (χ4v) is 0.814. The number of hydrogen-bond donors (Lipinski definition) is 0. The minimum absolute atomic E-state index is 0.251. The van der Waals surface area contributed by atoms with Crippen LogP contribution in [0.1, 0.15) is 13.8 Å². The highest BCUT2D eigenvalue weighted by atomic mass is 31.1. The van der Waals surface area contributed by atoms with Crippen LogP contribution in [-0.4, -0.2) is 18.9 Å². The first-order valence-corrected chi connectivity index (χ1v) is 4.17. The van der Waals surface area contributed by atoms with Gasteiger partial charge in [-0.1, -0.05) is 14.5 Å². The molecule has 0 aliphatic carbocycles. The van der Waals surface area contributed by atoms with Crippen LogP contribution >= 0.6 is 8.20 Å². The second-order valence-corrected chi connectivity index (χ2v) is 2.34. The maximum absolute atomic E-state index is 10.8. The van der Waals surface area contributed by atoms with Gasteiger partial charge in [0.05, 0.1) is 6.61 Å². The van der Waals surface area contributed by atoms with Gasteiger partial charge in [0.1, 0.15) is 0 Å². The van der Waals surface area contributed by atoms with Crippen molar-refractivity contribution in [2.24, 2.45) is 0 Å². The normalized spacial score (nSPS) is 11.6. The SMILES string of the molecule is C=PC=C(C)C(=O)OCC. The zero-order valence-corrected chi connectivity index (χ0v) is 7.15. The summed E-state index contributed by atoms with van der Waals surface area (Å²) in [6.07, 6.45) is 3.56. The molecule has 0 saturated heterocycles. The fourth-order valence-electron chi connectivity index (χ4n) is 0.435. The molecule has 0 amide bonds. The van der Waals surface area contributed by atoms with Gasteiger partial charge >= 0.3 is 5.97 Å². The molecule has 0 heterocycles. The second-order valence-electron chi connectivity index (χ2n) is 1.72. The van der Waals surface area contributed by atoms with Crippen molar-refractivity contribution in [1.82, 2.24) is 0 Å². The van der Waals surface area contributed by atoms with Gasteiger partial charge in [-0.15, -0.1) is 0 Å². The summed E-state index contributed by atoms with van der Waals surface area (Å²) in [6.45, 7) is 3.93. The standard InChI is InChI=1S/C7H11O2P/c1-4-9-7(8)6(2)5-10-3/h5H,3-4H2,1-2H3. The van der Waals surface area contributed by atoms with E-state index in [0.29, 0.717) is 12.2 Å². The monoisotopic (exact) mass is 158 g/mol. The maximum atomic E-state index is 10.8. The van der Waals surface area contributed by atoms with Crippen molar-refractivity contribution in [2.75, 3.05) is 6.61 Å². The first-order valence-electron chi connectivity index (χ1n) is 3.02. The molecule has 0 bridgehead atoms. The Kier molecular flexibility index (Phi) is 4.87. The van der Waals surface area contributed by atoms with Gasteiger partial charge in [0, 0.05) is 5.57 Å². The lowest BCUT2D eigenvalue weighted by Crippen LogP contribution is -2.04. The molecule has 56 valence electrons. The van der Waals surface area contributed by atoms with Crippen LogP contribution in [0, 0.1) is 0 Å². The van der Waals surface area contributed by atoms with E-state index < -0.39 is 0 Å². The highest BCUT2D eigenvalue weighted by Crippen LogP contribution is 2.03. The summed E-state index contributed by atoms with van der Waals surface area (Å²) < 4.78 is 4.72. The number of ether oxygens (including phenoxy) is 1. The van der Waals surface area contributed by atoms with Gasteiger partial charge in [0.15, 0.2) is 0 Å². The first-order chi connectivity index (χ1) is 4.72. The van der Waals surface area contributed by atoms with Crippen molar-refractivity contribution in [1.29, 1.82) is 0 Å². The van der Waals surface area contributed by atoms with E-state index in [0.717, 1.165) is 8.20 Å². The number of hydrogen-bond acceptors (Lipinski definition) is 2. The van der Waals surface area contributed by atoms with Crippen molar-refractivity contribution >= 4 is 20.5 Å². The summed E-state index contributed by atoms with van der Waals surface area (Å²) in [5.41, 5.74) is 0.624. The number of rotatable bonds is 3. The van der Waals surface area contributed by atoms with Crippen molar-refractivity contribution in [2.45, 2.75) is 13.8 Å². The molecule has 0 rings (SSSR count). The average molecular weight is 158 g/mol. The molecule has 0 fully saturated rings. The van der Waals surface area contributed by atoms with Crippen LogP contribution in [0.3, 0.4) is 0 Å². The van der Waals surface area contributed by atoms with Crippen molar-refractivity contribution < 1.29 is 9.53 Å². The molecule has 0 atom stereocenters. The molecule has 0 aromatic carbocycles. The molecule has 2 nitrogen and oxygen atoms in total. The molecule has 0 aromatic rings. The zero-order valence-electron chi connectivity index (χ0n) is 6.26. The number of carbonyl (C=O) groups excluding carboxylic acids is 1. The summed E-state index contributed by atoms with van der Waals surface area (Å²) in [6, 6.07) is 0. The quantitative estimate of drug-likeness (QED) is 0.356. The van der Waals surface area contributed by atoms with Gasteiger partial charge in [-0.05, 0) is 19.7 Å². The molecule has 0 spiro atoms. The van der Waals surface area contributed by atoms with E-state index in [9.17, 15) is 4.79 Å². The Morgan fingerprint density at radius 2 is 2.40 bits per heavy atom. The van der Waals surface area contributed by atoms with Crippen molar-refractivity contribution in [3.63, 3.8) is 0 Å². The van der Waals surface area contributed by atoms with Gasteiger partial charge in [0.25, 0.3) is 0 Å². The van der Waals surface area contributed by atoms with Gasteiger partial charge < -0.3 is 4.74 Å². The Morgan fingerprint density at radius 3 is 2.80 bits per heavy atom. The Labute approximate surface area is 62.7 Å². The van der Waals surface area contributed by atoms with E-state index in [1.54, 1.807) is 19.7 Å². The summed E-state index contributed by atoms with van der Waals surface area (Å²) >= 11 is 0. The Bertz CT molecular complexity index is 161. The lowest BCUT2D eigenvalue weighted by molar-refractivity contribution is -0.138. The molecule has 0 aliphatic heterocycles. The van der Waals surface area contributed by atoms with Crippen molar-refractivity contribution in [3.8, 4) is 0 Å². The van der Waals surface area contributed by atoms with Gasteiger partial charge in [-0.2, -0.15) is 0 Å². The smallest absolute Gasteiger partial charge is 0.334 e. The third-order valence-corrected chi connectivity index (χ3v) is 1.45. The van der Waals surface area contributed by atoms with Crippen molar-refractivity contribution in [3.05, 3.63) is 11.4 Å². The Hall–Kier alpha value is -0.620. The lowest BCUT2D eigenvalue weighted by atomic mass is 10.4. The third kappa shape index (κ3) is 3.41. The molecular formula is C7H11O2P. The molecular weight excluding hydrogens is 147 g/mol. The van der Waals surface area contributed by atoms with Crippen LogP contribution in [-0.2, 0) is 9.53 Å². The minimum atomic E-state index is -0.251. The highest BCUT2D eigenvalue weighted by Gasteiger charge is 2.01. The third-order valence-electron chi connectivity index (χ3n) is 0.882. The van der Waals surface area contributed by atoms with E-state index in [2.05, 4.69) is 6.30 Å². The van der Waals surface area contributed by atoms with E-state index in [4.69, 9.17) is 4.74 Å². The Balaban J connectivity index is 3.93. The lowest BCUT2D eigenvalue weighted by Gasteiger charge is -1.98. The summed E-state index contributed by atoms with van der Waals surface area (Å²) in [4.78, 5) is 10.8. The summed E-state index contributed by atoms with van der Waals surface area (Å²) in [7, 11) is 0.837. The van der Waals surface area contributed by atoms with E-state index in [1.807, 2.05) is 0 Å². The Morgan fingerprint density at radius 1 is 1.80 bits per heavy atom. The first kappa shape index (κ1) is 9.38. The van der Waals surface area contributed by atoms with E-state index >= 15 is 0 Å². The summed E-state index contributed by atoms with van der Waals surface area (Å²) in [5, 5.41) is 0. The number of esters is 1.